The van der Waals surface area contributed by atoms with E-state index in [9.17, 15) is 17.7 Å². The van der Waals surface area contributed by atoms with E-state index in [0.29, 0.717) is 39.3 Å². The van der Waals surface area contributed by atoms with Crippen molar-refractivity contribution in [1.29, 1.82) is 0 Å². The fourth-order valence-corrected chi connectivity index (χ4v) is 5.60. The number of hydrogen-bond donors (Lipinski definition) is 1. The molecule has 170 valence electrons. The van der Waals surface area contributed by atoms with E-state index in [4.69, 9.17) is 11.6 Å². The number of fused-ring (bicyclic) bond motifs is 1. The lowest BCUT2D eigenvalue weighted by atomic mass is 9.94. The average Bonchev–Trinajstić information content (AvgIpc) is 2.73. The molecule has 1 saturated heterocycles. The van der Waals surface area contributed by atoms with Crippen molar-refractivity contribution in [3.63, 3.8) is 0 Å². The van der Waals surface area contributed by atoms with Crippen LogP contribution in [-0.2, 0) is 11.2 Å². The number of pyridine rings is 1. The van der Waals surface area contributed by atoms with Crippen molar-refractivity contribution in [3.05, 3.63) is 57.8 Å². The Labute approximate surface area is 192 Å². The maximum atomic E-state index is 14.7. The van der Waals surface area contributed by atoms with Crippen molar-refractivity contribution >= 4 is 39.6 Å². The second-order valence-corrected chi connectivity index (χ2v) is 9.95. The van der Waals surface area contributed by atoms with Gasteiger partial charge in [-0.3, -0.25) is 0 Å². The monoisotopic (exact) mass is 482 g/mol. The zero-order chi connectivity index (χ0) is 23.0. The Hall–Kier alpha value is -2.10. The first kappa shape index (κ1) is 23.1. The minimum absolute atomic E-state index is 0.115. The van der Waals surface area contributed by atoms with Crippen LogP contribution in [0.25, 0.3) is 11.0 Å². The number of halogens is 4. The van der Waals surface area contributed by atoms with E-state index in [0.717, 1.165) is 24.5 Å². The first-order valence-corrected chi connectivity index (χ1v) is 12.1. The third kappa shape index (κ3) is 4.65. The molecule has 2 aromatic heterocycles. The maximum Gasteiger partial charge on any atom is 0.266 e. The molecule has 1 fully saturated rings. The number of anilines is 1. The van der Waals surface area contributed by atoms with Gasteiger partial charge in [0, 0.05) is 5.56 Å². The molecule has 0 bridgehead atoms. The van der Waals surface area contributed by atoms with Gasteiger partial charge in [0.25, 0.3) is 6.43 Å². The molecule has 0 spiro atoms. The van der Waals surface area contributed by atoms with Crippen LogP contribution in [0.1, 0.15) is 60.7 Å². The van der Waals surface area contributed by atoms with Gasteiger partial charge in [0.15, 0.2) is 5.65 Å². The molecule has 32 heavy (non-hydrogen) atoms. The zero-order valence-corrected chi connectivity index (χ0v) is 19.1. The first-order chi connectivity index (χ1) is 15.2. The number of nitrogens with zero attached hydrogens (tertiary/aromatic N) is 3. The molecule has 0 saturated carbocycles. The molecular weight excluding hydrogens is 461 g/mol. The van der Waals surface area contributed by atoms with Gasteiger partial charge in [0.05, 0.1) is 17.0 Å². The van der Waals surface area contributed by atoms with Gasteiger partial charge in [0.2, 0.25) is 0 Å². The summed E-state index contributed by atoms with van der Waals surface area (Å²) in [6.45, 7) is 3.38. The van der Waals surface area contributed by atoms with Crippen LogP contribution in [-0.4, -0.2) is 31.0 Å². The van der Waals surface area contributed by atoms with Gasteiger partial charge in [-0.2, -0.15) is 0 Å². The van der Waals surface area contributed by atoms with Crippen LogP contribution in [0.5, 0.6) is 0 Å². The lowest BCUT2D eigenvalue weighted by Crippen LogP contribution is -2.22. The van der Waals surface area contributed by atoms with Crippen LogP contribution in [0.2, 0.25) is 5.15 Å². The summed E-state index contributed by atoms with van der Waals surface area (Å²) < 4.78 is 52.6. The maximum absolute atomic E-state index is 14.7. The Morgan fingerprint density at radius 3 is 2.53 bits per heavy atom. The molecule has 5 nitrogen and oxygen atoms in total. The van der Waals surface area contributed by atoms with Crippen molar-refractivity contribution in [2.24, 2.45) is 0 Å². The molecule has 3 heterocycles. The molecular formula is C22H22ClF3N4OS. The molecule has 1 N–H and O–H groups in total. The van der Waals surface area contributed by atoms with Crippen LogP contribution < -0.4 is 5.32 Å². The van der Waals surface area contributed by atoms with Crippen molar-refractivity contribution in [2.75, 3.05) is 16.8 Å². The minimum Gasteiger partial charge on any atom is -0.616 e. The Bertz CT molecular complexity index is 1140. The Morgan fingerprint density at radius 1 is 1.16 bits per heavy atom. The van der Waals surface area contributed by atoms with Gasteiger partial charge in [0.1, 0.15) is 34.1 Å². The summed E-state index contributed by atoms with van der Waals surface area (Å²) in [5.74, 6) is 1.29. The molecule has 4 rings (SSSR count). The fourth-order valence-electron chi connectivity index (χ4n) is 4.01. The Morgan fingerprint density at radius 2 is 1.84 bits per heavy atom. The third-order valence-corrected chi connectivity index (χ3v) is 7.41. The molecule has 0 amide bonds. The smallest absolute Gasteiger partial charge is 0.266 e. The summed E-state index contributed by atoms with van der Waals surface area (Å²) in [6, 6.07) is 5.20. The number of aromatic nitrogens is 3. The van der Waals surface area contributed by atoms with E-state index >= 15 is 0 Å². The summed E-state index contributed by atoms with van der Waals surface area (Å²) in [5, 5.41) is 4.10. The predicted octanol–water partition coefficient (Wildman–Crippen LogP) is 5.86. The SMILES string of the molecule is Cc1nc(N[C@H](C)c2cccc(C(F)F)c2F)c2cc(C3CC[S+]([O-])CC3)c(Cl)nc2n1. The number of nitrogens with one attached hydrogen (secondary N) is 1. The van der Waals surface area contributed by atoms with Gasteiger partial charge in [-0.15, -0.1) is 0 Å². The number of rotatable bonds is 5. The summed E-state index contributed by atoms with van der Waals surface area (Å²) in [7, 11) is 0. The molecule has 0 unspecified atom stereocenters. The average molecular weight is 483 g/mol. The highest BCUT2D eigenvalue weighted by Gasteiger charge is 2.27. The highest BCUT2D eigenvalue weighted by atomic mass is 35.5. The van der Waals surface area contributed by atoms with Crippen LogP contribution >= 0.6 is 11.6 Å². The molecule has 3 aromatic rings. The minimum atomic E-state index is -2.90. The van der Waals surface area contributed by atoms with Crippen molar-refractivity contribution < 1.29 is 17.7 Å². The van der Waals surface area contributed by atoms with E-state index in [1.165, 1.54) is 12.1 Å². The zero-order valence-electron chi connectivity index (χ0n) is 17.5. The molecule has 1 atom stereocenters. The summed E-state index contributed by atoms with van der Waals surface area (Å²) in [5.41, 5.74) is 0.710. The fraction of sp³-hybridized carbons (Fsp3) is 0.409. The molecule has 10 heteroatoms. The van der Waals surface area contributed by atoms with Gasteiger partial charge >= 0.3 is 0 Å². The lowest BCUT2D eigenvalue weighted by Gasteiger charge is -2.25. The number of benzene rings is 1. The van der Waals surface area contributed by atoms with Crippen molar-refractivity contribution in [2.45, 2.75) is 45.1 Å². The summed E-state index contributed by atoms with van der Waals surface area (Å²) >= 11 is 5.66. The predicted molar refractivity (Wildman–Crippen MR) is 120 cm³/mol. The van der Waals surface area contributed by atoms with E-state index in [-0.39, 0.29) is 11.5 Å². The third-order valence-electron chi connectivity index (χ3n) is 5.72. The van der Waals surface area contributed by atoms with Gasteiger partial charge < -0.3 is 9.87 Å². The van der Waals surface area contributed by atoms with E-state index in [1.54, 1.807) is 13.8 Å². The number of aryl methyl sites for hydroxylation is 1. The Balaban J connectivity index is 1.72. The van der Waals surface area contributed by atoms with Crippen LogP contribution in [0.4, 0.5) is 19.0 Å². The normalized spacial score (nSPS) is 20.0. The quantitative estimate of drug-likeness (QED) is 0.364. The highest BCUT2D eigenvalue weighted by molar-refractivity contribution is 7.91. The van der Waals surface area contributed by atoms with Gasteiger partial charge in [-0.25, -0.2) is 28.1 Å². The van der Waals surface area contributed by atoms with Crippen LogP contribution in [0.3, 0.4) is 0 Å². The largest absolute Gasteiger partial charge is 0.616 e. The summed E-state index contributed by atoms with van der Waals surface area (Å²) in [4.78, 5) is 13.3. The standard InChI is InChI=1S/C22H22ClF3N4OS/c1-11(14-4-3-5-15(18(14)24)20(25)26)27-21-17-10-16(13-6-8-32(31)9-7-13)19(23)30-22(17)29-12(2)28-21/h3-5,10-11,13,20H,6-9H2,1-2H3,(H,27,28,29,30)/t11-,13?,32?/m1/s1. The second-order valence-electron chi connectivity index (χ2n) is 7.90. The molecule has 1 aromatic carbocycles. The molecule has 1 aliphatic heterocycles. The summed E-state index contributed by atoms with van der Waals surface area (Å²) in [6.07, 6.45) is -1.41. The first-order valence-electron chi connectivity index (χ1n) is 10.3. The van der Waals surface area contributed by atoms with E-state index in [2.05, 4.69) is 20.3 Å². The van der Waals surface area contributed by atoms with Gasteiger partial charge in [-0.05, 0) is 44.2 Å². The highest BCUT2D eigenvalue weighted by Crippen LogP contribution is 2.36. The van der Waals surface area contributed by atoms with Gasteiger partial charge in [-0.1, -0.05) is 41.0 Å². The second kappa shape index (κ2) is 9.41. The topological polar surface area (TPSA) is 73.8 Å². The lowest BCUT2D eigenvalue weighted by molar-refractivity contribution is 0.146. The van der Waals surface area contributed by atoms with E-state index in [1.807, 2.05) is 6.07 Å². The number of alkyl halides is 2. The van der Waals surface area contributed by atoms with Crippen molar-refractivity contribution in [3.8, 4) is 0 Å². The number of hydrogen-bond acceptors (Lipinski definition) is 5. The molecule has 0 aliphatic carbocycles. The molecule has 1 aliphatic rings. The van der Waals surface area contributed by atoms with E-state index < -0.39 is 35.0 Å². The van der Waals surface area contributed by atoms with Crippen LogP contribution in [0, 0.1) is 12.7 Å². The molecule has 0 radical (unpaired) electrons. The van der Waals surface area contributed by atoms with Crippen LogP contribution in [0.15, 0.2) is 24.3 Å². The Kier molecular flexibility index (Phi) is 6.78. The van der Waals surface area contributed by atoms with Crippen molar-refractivity contribution in [1.82, 2.24) is 15.0 Å².